The Morgan fingerprint density at radius 3 is 2.43 bits per heavy atom. The SMILES string of the molecule is COCCNC(=O)CN(Cc1ccc(Cl)cc1Cl)S(=O)(=O)c1ccc(C)cc1. The third-order valence-electron chi connectivity index (χ3n) is 3.97. The summed E-state index contributed by atoms with van der Waals surface area (Å²) >= 11 is 12.1. The number of rotatable bonds is 9. The highest BCUT2D eigenvalue weighted by Gasteiger charge is 2.27. The fraction of sp³-hybridized carbons (Fsp3) is 0.316. The van der Waals surface area contributed by atoms with E-state index in [4.69, 9.17) is 27.9 Å². The van der Waals surface area contributed by atoms with Gasteiger partial charge in [0.2, 0.25) is 15.9 Å². The van der Waals surface area contributed by atoms with Crippen molar-refractivity contribution < 1.29 is 17.9 Å². The van der Waals surface area contributed by atoms with Crippen LogP contribution in [-0.2, 0) is 26.1 Å². The Balaban J connectivity index is 2.31. The summed E-state index contributed by atoms with van der Waals surface area (Å²) in [5.41, 5.74) is 1.48. The van der Waals surface area contributed by atoms with E-state index < -0.39 is 15.9 Å². The van der Waals surface area contributed by atoms with Gasteiger partial charge < -0.3 is 10.1 Å². The molecule has 6 nitrogen and oxygen atoms in total. The highest BCUT2D eigenvalue weighted by molar-refractivity contribution is 7.89. The van der Waals surface area contributed by atoms with Crippen LogP contribution in [0.3, 0.4) is 0 Å². The van der Waals surface area contributed by atoms with Gasteiger partial charge in [-0.3, -0.25) is 4.79 Å². The number of ether oxygens (including phenoxy) is 1. The van der Waals surface area contributed by atoms with E-state index in [1.165, 1.54) is 25.3 Å². The molecule has 152 valence electrons. The molecule has 0 aliphatic heterocycles. The van der Waals surface area contributed by atoms with Crippen molar-refractivity contribution in [2.75, 3.05) is 26.8 Å². The number of nitrogens with one attached hydrogen (secondary N) is 1. The van der Waals surface area contributed by atoms with E-state index in [-0.39, 0.29) is 24.5 Å². The van der Waals surface area contributed by atoms with Crippen molar-refractivity contribution in [1.82, 2.24) is 9.62 Å². The molecule has 0 aliphatic rings. The Morgan fingerprint density at radius 1 is 1.14 bits per heavy atom. The number of aryl methyl sites for hydroxylation is 1. The van der Waals surface area contributed by atoms with E-state index in [0.29, 0.717) is 22.2 Å². The minimum absolute atomic E-state index is 0.0656. The van der Waals surface area contributed by atoms with Crippen molar-refractivity contribution in [2.45, 2.75) is 18.4 Å². The molecule has 0 saturated carbocycles. The van der Waals surface area contributed by atoms with Crippen LogP contribution in [0.5, 0.6) is 0 Å². The lowest BCUT2D eigenvalue weighted by Crippen LogP contribution is -2.41. The molecular formula is C19H22Cl2N2O4S. The largest absolute Gasteiger partial charge is 0.383 e. The molecule has 0 spiro atoms. The van der Waals surface area contributed by atoms with Crippen LogP contribution >= 0.6 is 23.2 Å². The van der Waals surface area contributed by atoms with Crippen LogP contribution in [0.1, 0.15) is 11.1 Å². The summed E-state index contributed by atoms with van der Waals surface area (Å²) in [6, 6.07) is 11.3. The van der Waals surface area contributed by atoms with Crippen molar-refractivity contribution >= 4 is 39.1 Å². The van der Waals surface area contributed by atoms with Crippen LogP contribution in [0.4, 0.5) is 0 Å². The van der Waals surface area contributed by atoms with E-state index in [2.05, 4.69) is 5.32 Å². The number of halogens is 2. The van der Waals surface area contributed by atoms with Gasteiger partial charge in [-0.15, -0.1) is 0 Å². The van der Waals surface area contributed by atoms with E-state index >= 15 is 0 Å². The maximum atomic E-state index is 13.1. The lowest BCUT2D eigenvalue weighted by molar-refractivity contribution is -0.121. The van der Waals surface area contributed by atoms with Gasteiger partial charge in [0, 0.05) is 30.2 Å². The first-order valence-corrected chi connectivity index (χ1v) is 10.7. The number of benzene rings is 2. The zero-order valence-corrected chi connectivity index (χ0v) is 17.9. The van der Waals surface area contributed by atoms with Gasteiger partial charge in [-0.05, 0) is 36.8 Å². The number of hydrogen-bond donors (Lipinski definition) is 1. The molecule has 0 bridgehead atoms. The van der Waals surface area contributed by atoms with Gasteiger partial charge in [0.15, 0.2) is 0 Å². The Kier molecular flexibility index (Phi) is 8.27. The molecule has 0 fully saturated rings. The Bertz CT molecular complexity index is 918. The number of methoxy groups -OCH3 is 1. The summed E-state index contributed by atoms with van der Waals surface area (Å²) < 4.78 is 32.3. The van der Waals surface area contributed by atoms with Crippen molar-refractivity contribution in [1.29, 1.82) is 0 Å². The van der Waals surface area contributed by atoms with Crippen LogP contribution in [-0.4, -0.2) is 45.4 Å². The predicted octanol–water partition coefficient (Wildman–Crippen LogP) is 3.26. The lowest BCUT2D eigenvalue weighted by atomic mass is 10.2. The molecule has 0 saturated heterocycles. The minimum atomic E-state index is -3.92. The molecule has 0 unspecified atom stereocenters. The standard InChI is InChI=1S/C19H22Cl2N2O4S/c1-14-3-7-17(8-4-14)28(25,26)23(13-19(24)22-9-10-27-2)12-15-5-6-16(20)11-18(15)21/h3-8,11H,9-10,12-13H2,1-2H3,(H,22,24). The Morgan fingerprint density at radius 2 is 1.82 bits per heavy atom. The molecule has 1 N–H and O–H groups in total. The second-order valence-electron chi connectivity index (χ2n) is 6.16. The molecular weight excluding hydrogens is 423 g/mol. The monoisotopic (exact) mass is 444 g/mol. The second-order valence-corrected chi connectivity index (χ2v) is 8.95. The zero-order valence-electron chi connectivity index (χ0n) is 15.6. The average Bonchev–Trinajstić information content (AvgIpc) is 2.63. The summed E-state index contributed by atoms with van der Waals surface area (Å²) in [5, 5.41) is 3.41. The second kappa shape index (κ2) is 10.2. The highest BCUT2D eigenvalue weighted by atomic mass is 35.5. The fourth-order valence-corrected chi connectivity index (χ4v) is 4.28. The number of carbonyl (C=O) groups is 1. The van der Waals surface area contributed by atoms with Gasteiger partial charge in [0.05, 0.1) is 18.0 Å². The fourth-order valence-electron chi connectivity index (χ4n) is 2.43. The smallest absolute Gasteiger partial charge is 0.243 e. The molecule has 2 aromatic carbocycles. The van der Waals surface area contributed by atoms with E-state index in [0.717, 1.165) is 9.87 Å². The third-order valence-corrected chi connectivity index (χ3v) is 6.36. The maximum Gasteiger partial charge on any atom is 0.243 e. The summed E-state index contributed by atoms with van der Waals surface area (Å²) in [6.45, 7) is 2.07. The van der Waals surface area contributed by atoms with Crippen LogP contribution in [0, 0.1) is 6.92 Å². The van der Waals surface area contributed by atoms with Crippen molar-refractivity contribution in [3.8, 4) is 0 Å². The van der Waals surface area contributed by atoms with Crippen LogP contribution in [0.15, 0.2) is 47.4 Å². The van der Waals surface area contributed by atoms with Gasteiger partial charge >= 0.3 is 0 Å². The van der Waals surface area contributed by atoms with E-state index in [1.807, 2.05) is 6.92 Å². The highest BCUT2D eigenvalue weighted by Crippen LogP contribution is 2.25. The average molecular weight is 445 g/mol. The molecule has 2 aromatic rings. The number of hydrogen-bond acceptors (Lipinski definition) is 4. The predicted molar refractivity (Wildman–Crippen MR) is 110 cm³/mol. The van der Waals surface area contributed by atoms with Gasteiger partial charge in [-0.25, -0.2) is 8.42 Å². The quantitative estimate of drug-likeness (QED) is 0.602. The number of sulfonamides is 1. The first-order chi connectivity index (χ1) is 13.2. The van der Waals surface area contributed by atoms with Gasteiger partial charge in [-0.2, -0.15) is 4.31 Å². The Hall–Kier alpha value is -1.64. The number of amides is 1. The molecule has 9 heteroatoms. The van der Waals surface area contributed by atoms with Crippen LogP contribution in [0.25, 0.3) is 0 Å². The van der Waals surface area contributed by atoms with E-state index in [9.17, 15) is 13.2 Å². The molecule has 0 radical (unpaired) electrons. The molecule has 0 heterocycles. The van der Waals surface area contributed by atoms with Gasteiger partial charge in [0.25, 0.3) is 0 Å². The first-order valence-electron chi connectivity index (χ1n) is 8.50. The maximum absolute atomic E-state index is 13.1. The van der Waals surface area contributed by atoms with Crippen molar-refractivity contribution in [3.63, 3.8) is 0 Å². The minimum Gasteiger partial charge on any atom is -0.383 e. The molecule has 28 heavy (non-hydrogen) atoms. The molecule has 2 rings (SSSR count). The molecule has 0 atom stereocenters. The summed E-state index contributed by atoms with van der Waals surface area (Å²) in [4.78, 5) is 12.4. The number of nitrogens with zero attached hydrogens (tertiary/aromatic N) is 1. The van der Waals surface area contributed by atoms with Crippen LogP contribution < -0.4 is 5.32 Å². The topological polar surface area (TPSA) is 75.7 Å². The van der Waals surface area contributed by atoms with Crippen molar-refractivity contribution in [2.24, 2.45) is 0 Å². The summed E-state index contributed by atoms with van der Waals surface area (Å²) in [7, 11) is -2.40. The van der Waals surface area contributed by atoms with Gasteiger partial charge in [0.1, 0.15) is 0 Å². The summed E-state index contributed by atoms with van der Waals surface area (Å²) in [5.74, 6) is -0.433. The van der Waals surface area contributed by atoms with Gasteiger partial charge in [-0.1, -0.05) is 47.0 Å². The molecule has 1 amide bonds. The van der Waals surface area contributed by atoms with Crippen LogP contribution in [0.2, 0.25) is 10.0 Å². The number of carbonyl (C=O) groups excluding carboxylic acids is 1. The Labute approximate surface area is 175 Å². The van der Waals surface area contributed by atoms with E-state index in [1.54, 1.807) is 24.3 Å². The zero-order chi connectivity index (χ0) is 20.7. The molecule has 0 aliphatic carbocycles. The summed E-state index contributed by atoms with van der Waals surface area (Å²) in [6.07, 6.45) is 0. The third kappa shape index (κ3) is 6.18. The normalized spacial score (nSPS) is 11.6. The van der Waals surface area contributed by atoms with Crippen molar-refractivity contribution in [3.05, 3.63) is 63.6 Å². The first kappa shape index (κ1) is 22.6. The lowest BCUT2D eigenvalue weighted by Gasteiger charge is -2.22. The molecule has 0 aromatic heterocycles.